The number of benzene rings is 2. The van der Waals surface area contributed by atoms with Gasteiger partial charge in [0.2, 0.25) is 11.1 Å². The van der Waals surface area contributed by atoms with Gasteiger partial charge in [0.05, 0.1) is 12.4 Å². The Labute approximate surface area is 162 Å². The van der Waals surface area contributed by atoms with Crippen LogP contribution in [0.3, 0.4) is 0 Å². The van der Waals surface area contributed by atoms with Gasteiger partial charge < -0.3 is 10.1 Å². The molecule has 0 unspecified atom stereocenters. The molecule has 0 fully saturated rings. The van der Waals surface area contributed by atoms with Crippen molar-refractivity contribution in [1.82, 2.24) is 15.2 Å². The van der Waals surface area contributed by atoms with Crippen molar-refractivity contribution in [2.24, 2.45) is 0 Å². The monoisotopic (exact) mass is 382 g/mol. The number of carbonyl (C=O) groups is 1. The molecule has 0 radical (unpaired) electrons. The third-order valence-corrected chi connectivity index (χ3v) is 5.07. The number of carbonyl (C=O) groups excluding carboxylic acids is 1. The number of ether oxygens (including phenoxy) is 1. The van der Waals surface area contributed by atoms with E-state index in [4.69, 9.17) is 4.74 Å². The molecular formula is C20H22N4O2S. The summed E-state index contributed by atoms with van der Waals surface area (Å²) in [6.07, 6.45) is 0.974. The molecule has 2 aromatic carbocycles. The number of amides is 1. The van der Waals surface area contributed by atoms with Crippen LogP contribution >= 0.6 is 11.8 Å². The van der Waals surface area contributed by atoms with Gasteiger partial charge in [-0.15, -0.1) is 5.10 Å². The van der Waals surface area contributed by atoms with Crippen molar-refractivity contribution in [2.75, 3.05) is 12.4 Å². The summed E-state index contributed by atoms with van der Waals surface area (Å²) in [5.74, 6) is 1.35. The number of rotatable bonds is 7. The average Bonchev–Trinajstić information content (AvgIpc) is 3.17. The van der Waals surface area contributed by atoms with Gasteiger partial charge in [0.15, 0.2) is 5.82 Å². The van der Waals surface area contributed by atoms with Gasteiger partial charge in [0.1, 0.15) is 5.75 Å². The molecule has 0 spiro atoms. The molecule has 0 aliphatic carbocycles. The number of anilines is 1. The van der Waals surface area contributed by atoms with Crippen molar-refractivity contribution in [2.45, 2.75) is 30.7 Å². The molecule has 2 N–H and O–H groups in total. The fourth-order valence-electron chi connectivity index (χ4n) is 2.46. The lowest BCUT2D eigenvalue weighted by Gasteiger charge is -2.10. The van der Waals surface area contributed by atoms with Crippen LogP contribution in [0.15, 0.2) is 53.7 Å². The van der Waals surface area contributed by atoms with Gasteiger partial charge in [-0.25, -0.2) is 4.98 Å². The molecule has 3 aromatic rings. The number of nitrogens with zero attached hydrogens (tertiary/aromatic N) is 2. The van der Waals surface area contributed by atoms with Gasteiger partial charge in [0.25, 0.3) is 0 Å². The predicted molar refractivity (Wildman–Crippen MR) is 108 cm³/mol. The van der Waals surface area contributed by atoms with Crippen molar-refractivity contribution in [1.29, 1.82) is 0 Å². The second-order valence-corrected chi connectivity index (χ2v) is 7.30. The second kappa shape index (κ2) is 8.73. The Morgan fingerprint density at radius 2 is 1.89 bits per heavy atom. The van der Waals surface area contributed by atoms with Crippen molar-refractivity contribution in [3.05, 3.63) is 54.1 Å². The molecule has 0 aliphatic rings. The lowest BCUT2D eigenvalue weighted by Crippen LogP contribution is -2.22. The van der Waals surface area contributed by atoms with Crippen LogP contribution in [-0.4, -0.2) is 33.4 Å². The minimum absolute atomic E-state index is 0.0833. The molecule has 0 saturated carbocycles. The molecule has 1 amide bonds. The fourth-order valence-corrected chi connectivity index (χ4v) is 3.18. The van der Waals surface area contributed by atoms with Crippen LogP contribution in [0.4, 0.5) is 5.69 Å². The zero-order chi connectivity index (χ0) is 19.2. The number of H-pyrrole nitrogens is 1. The van der Waals surface area contributed by atoms with Crippen LogP contribution in [0.1, 0.15) is 19.4 Å². The van der Waals surface area contributed by atoms with E-state index in [2.05, 4.69) is 27.4 Å². The maximum atomic E-state index is 12.4. The van der Waals surface area contributed by atoms with Crippen LogP contribution in [0.2, 0.25) is 0 Å². The highest BCUT2D eigenvalue weighted by molar-refractivity contribution is 8.00. The highest BCUT2D eigenvalue weighted by Crippen LogP contribution is 2.24. The number of aromatic amines is 1. The lowest BCUT2D eigenvalue weighted by atomic mass is 10.1. The Bertz CT molecular complexity index is 891. The van der Waals surface area contributed by atoms with Gasteiger partial charge in [-0.1, -0.05) is 30.8 Å². The Morgan fingerprint density at radius 1 is 1.19 bits per heavy atom. The van der Waals surface area contributed by atoms with Crippen LogP contribution in [0, 0.1) is 0 Å². The van der Waals surface area contributed by atoms with Crippen molar-refractivity contribution < 1.29 is 9.53 Å². The van der Waals surface area contributed by atoms with E-state index in [9.17, 15) is 4.79 Å². The van der Waals surface area contributed by atoms with E-state index < -0.39 is 0 Å². The van der Waals surface area contributed by atoms with Crippen molar-refractivity contribution in [3.63, 3.8) is 0 Å². The molecule has 6 nitrogen and oxygen atoms in total. The molecule has 0 bridgehead atoms. The number of methoxy groups -OCH3 is 1. The fraction of sp³-hybridized carbons (Fsp3) is 0.250. The summed E-state index contributed by atoms with van der Waals surface area (Å²) in [7, 11) is 1.63. The van der Waals surface area contributed by atoms with E-state index >= 15 is 0 Å². The standard InChI is InChI=1S/C20H22N4O2S/c1-4-14-5-9-16(10-6-14)21-19(25)13(2)27-20-22-18(23-24-20)15-7-11-17(26-3)12-8-15/h5-13H,4H2,1-3H3,(H,21,25)(H,22,23,24)/t13-/m1/s1. The first-order valence-electron chi connectivity index (χ1n) is 8.72. The van der Waals surface area contributed by atoms with Gasteiger partial charge in [0, 0.05) is 11.3 Å². The normalized spacial score (nSPS) is 11.8. The van der Waals surface area contributed by atoms with E-state index in [1.807, 2.05) is 55.5 Å². The molecule has 7 heteroatoms. The number of aryl methyl sites for hydroxylation is 1. The Kier molecular flexibility index (Phi) is 6.13. The highest BCUT2D eigenvalue weighted by Gasteiger charge is 2.17. The Balaban J connectivity index is 1.60. The first kappa shape index (κ1) is 19.0. The Hall–Kier alpha value is -2.80. The number of nitrogens with one attached hydrogen (secondary N) is 2. The van der Waals surface area contributed by atoms with Crippen LogP contribution in [0.25, 0.3) is 11.4 Å². The summed E-state index contributed by atoms with van der Waals surface area (Å²) in [6.45, 7) is 3.94. The summed E-state index contributed by atoms with van der Waals surface area (Å²) in [5.41, 5.74) is 2.93. The largest absolute Gasteiger partial charge is 0.497 e. The second-order valence-electron chi connectivity index (χ2n) is 5.99. The smallest absolute Gasteiger partial charge is 0.237 e. The molecule has 140 valence electrons. The van der Waals surface area contributed by atoms with Crippen LogP contribution in [0.5, 0.6) is 5.75 Å². The van der Waals surface area contributed by atoms with Gasteiger partial charge >= 0.3 is 0 Å². The summed E-state index contributed by atoms with van der Waals surface area (Å²) in [4.78, 5) is 16.9. The lowest BCUT2D eigenvalue weighted by molar-refractivity contribution is -0.115. The van der Waals surface area contributed by atoms with E-state index in [1.54, 1.807) is 7.11 Å². The maximum Gasteiger partial charge on any atom is 0.237 e. The van der Waals surface area contributed by atoms with Gasteiger partial charge in [-0.3, -0.25) is 9.89 Å². The summed E-state index contributed by atoms with van der Waals surface area (Å²) in [6, 6.07) is 15.4. The molecule has 1 aromatic heterocycles. The highest BCUT2D eigenvalue weighted by atomic mass is 32.2. The molecule has 1 atom stereocenters. The summed E-state index contributed by atoms with van der Waals surface area (Å²) < 4.78 is 5.16. The quantitative estimate of drug-likeness (QED) is 0.600. The zero-order valence-corrected chi connectivity index (χ0v) is 16.3. The molecule has 1 heterocycles. The van der Waals surface area contributed by atoms with Crippen molar-refractivity contribution >= 4 is 23.4 Å². The summed E-state index contributed by atoms with van der Waals surface area (Å²) >= 11 is 1.31. The average molecular weight is 382 g/mol. The van der Waals surface area contributed by atoms with Crippen molar-refractivity contribution in [3.8, 4) is 17.1 Å². The third-order valence-electron chi connectivity index (χ3n) is 4.11. The van der Waals surface area contributed by atoms with E-state index in [-0.39, 0.29) is 11.2 Å². The number of thioether (sulfide) groups is 1. The number of hydrogen-bond donors (Lipinski definition) is 2. The molecule has 27 heavy (non-hydrogen) atoms. The van der Waals surface area contributed by atoms with E-state index in [1.165, 1.54) is 17.3 Å². The SMILES string of the molecule is CCc1ccc(NC(=O)[C@@H](C)Sc2n[nH]c(-c3ccc(OC)cc3)n2)cc1. The van der Waals surface area contributed by atoms with Crippen LogP contribution in [-0.2, 0) is 11.2 Å². The number of hydrogen-bond acceptors (Lipinski definition) is 5. The maximum absolute atomic E-state index is 12.4. The van der Waals surface area contributed by atoms with E-state index in [0.29, 0.717) is 11.0 Å². The first-order chi connectivity index (χ1) is 13.1. The zero-order valence-electron chi connectivity index (χ0n) is 15.5. The first-order valence-corrected chi connectivity index (χ1v) is 9.60. The molecule has 0 aliphatic heterocycles. The minimum atomic E-state index is -0.324. The third kappa shape index (κ3) is 4.89. The predicted octanol–water partition coefficient (Wildman–Crippen LogP) is 4.16. The number of aromatic nitrogens is 3. The summed E-state index contributed by atoms with van der Waals surface area (Å²) in [5, 5.41) is 10.2. The van der Waals surface area contributed by atoms with E-state index in [0.717, 1.165) is 23.4 Å². The molecule has 3 rings (SSSR count). The molecule has 0 saturated heterocycles. The topological polar surface area (TPSA) is 79.9 Å². The van der Waals surface area contributed by atoms with Gasteiger partial charge in [-0.2, -0.15) is 0 Å². The Morgan fingerprint density at radius 3 is 2.52 bits per heavy atom. The minimum Gasteiger partial charge on any atom is -0.497 e. The van der Waals surface area contributed by atoms with Crippen LogP contribution < -0.4 is 10.1 Å². The van der Waals surface area contributed by atoms with Gasteiger partial charge in [-0.05, 0) is 55.3 Å². The molecular weight excluding hydrogens is 360 g/mol.